The third-order valence-electron chi connectivity index (χ3n) is 5.98. The van der Waals surface area contributed by atoms with Gasteiger partial charge < -0.3 is 0 Å². The summed E-state index contributed by atoms with van der Waals surface area (Å²) in [7, 11) is 0. The van der Waals surface area contributed by atoms with Crippen molar-refractivity contribution in [2.75, 3.05) is 0 Å². The standard InChI is InChI=1S/C26H51O/c1-3-5-7-9-11-13-15-17-19-21-23-26(25-27)24-22-20-18-16-14-12-10-8-6-4-2/h26H,3-24H2,1-2H3. The molecule has 0 rings (SSSR count). The Hall–Kier alpha value is -0.330. The molecule has 0 saturated heterocycles. The molecule has 0 saturated carbocycles. The molecule has 0 aliphatic heterocycles. The van der Waals surface area contributed by atoms with E-state index in [1.54, 1.807) is 0 Å². The van der Waals surface area contributed by atoms with Crippen molar-refractivity contribution in [1.29, 1.82) is 0 Å². The second kappa shape index (κ2) is 23.7. The van der Waals surface area contributed by atoms with Gasteiger partial charge in [-0.05, 0) is 12.8 Å². The molecule has 0 spiro atoms. The number of carbonyl (C=O) groups excluding carboxylic acids is 1. The maximum atomic E-state index is 11.2. The average molecular weight is 380 g/mol. The first-order valence-corrected chi connectivity index (χ1v) is 12.7. The maximum Gasteiger partial charge on any atom is 0.201 e. The van der Waals surface area contributed by atoms with Crippen LogP contribution in [0.25, 0.3) is 0 Å². The van der Waals surface area contributed by atoms with Crippen LogP contribution in [-0.4, -0.2) is 6.29 Å². The summed E-state index contributed by atoms with van der Waals surface area (Å²) in [5.41, 5.74) is 0. The van der Waals surface area contributed by atoms with Crippen molar-refractivity contribution in [3.63, 3.8) is 0 Å². The van der Waals surface area contributed by atoms with Gasteiger partial charge >= 0.3 is 0 Å². The van der Waals surface area contributed by atoms with Crippen LogP contribution in [-0.2, 0) is 4.79 Å². The Morgan fingerprint density at radius 2 is 0.704 bits per heavy atom. The van der Waals surface area contributed by atoms with Gasteiger partial charge in [-0.3, -0.25) is 4.79 Å². The predicted octanol–water partition coefficient (Wildman–Crippen LogP) is 9.33. The van der Waals surface area contributed by atoms with Crippen LogP contribution in [0.15, 0.2) is 0 Å². The lowest BCUT2D eigenvalue weighted by Gasteiger charge is -2.09. The molecule has 0 unspecified atom stereocenters. The van der Waals surface area contributed by atoms with Crippen LogP contribution in [0.3, 0.4) is 0 Å². The molecule has 0 aliphatic rings. The Morgan fingerprint density at radius 1 is 0.444 bits per heavy atom. The molecule has 0 aromatic carbocycles. The summed E-state index contributed by atoms with van der Waals surface area (Å²) < 4.78 is 0. The first kappa shape index (κ1) is 26.7. The highest BCUT2D eigenvalue weighted by Crippen LogP contribution is 2.18. The Morgan fingerprint density at radius 3 is 0.963 bits per heavy atom. The van der Waals surface area contributed by atoms with Crippen LogP contribution in [0.1, 0.15) is 155 Å². The second-order valence-corrected chi connectivity index (χ2v) is 8.76. The highest BCUT2D eigenvalue weighted by Gasteiger charge is 2.07. The number of unbranched alkanes of at least 4 members (excludes halogenated alkanes) is 18. The molecule has 1 radical (unpaired) electrons. The average Bonchev–Trinajstić information content (AvgIpc) is 2.69. The summed E-state index contributed by atoms with van der Waals surface area (Å²) >= 11 is 0. The van der Waals surface area contributed by atoms with Crippen LogP contribution < -0.4 is 0 Å². The van der Waals surface area contributed by atoms with E-state index in [-0.39, 0.29) is 5.92 Å². The lowest BCUT2D eigenvalue weighted by atomic mass is 9.95. The zero-order valence-electron chi connectivity index (χ0n) is 19.0. The molecule has 0 atom stereocenters. The lowest BCUT2D eigenvalue weighted by molar-refractivity contribution is 0.449. The van der Waals surface area contributed by atoms with Gasteiger partial charge in [-0.15, -0.1) is 0 Å². The van der Waals surface area contributed by atoms with Gasteiger partial charge in [0.05, 0.1) is 0 Å². The van der Waals surface area contributed by atoms with Crippen LogP contribution in [0.2, 0.25) is 0 Å². The van der Waals surface area contributed by atoms with Crippen molar-refractivity contribution in [3.8, 4) is 0 Å². The van der Waals surface area contributed by atoms with E-state index in [9.17, 15) is 4.79 Å². The molecule has 1 nitrogen and oxygen atoms in total. The normalized spacial score (nSPS) is 11.4. The Balaban J connectivity index is 3.29. The van der Waals surface area contributed by atoms with Crippen molar-refractivity contribution in [2.45, 2.75) is 155 Å². The summed E-state index contributed by atoms with van der Waals surface area (Å²) in [6.45, 7) is 4.56. The summed E-state index contributed by atoms with van der Waals surface area (Å²) in [4.78, 5) is 11.2. The highest BCUT2D eigenvalue weighted by molar-refractivity contribution is 5.54. The van der Waals surface area contributed by atoms with Crippen molar-refractivity contribution in [1.82, 2.24) is 0 Å². The fraction of sp³-hybridized carbons (Fsp3) is 0.962. The molecule has 0 N–H and O–H groups in total. The van der Waals surface area contributed by atoms with E-state index < -0.39 is 0 Å². The van der Waals surface area contributed by atoms with Gasteiger partial charge in [0, 0.05) is 5.92 Å². The summed E-state index contributed by atoms with van der Waals surface area (Å²) in [6.07, 6.45) is 31.9. The molecule has 0 fully saturated rings. The van der Waals surface area contributed by atoms with Crippen molar-refractivity contribution in [3.05, 3.63) is 0 Å². The fourth-order valence-corrected chi connectivity index (χ4v) is 4.02. The Kier molecular flexibility index (Phi) is 23.4. The second-order valence-electron chi connectivity index (χ2n) is 8.76. The predicted molar refractivity (Wildman–Crippen MR) is 122 cm³/mol. The third-order valence-corrected chi connectivity index (χ3v) is 5.98. The van der Waals surface area contributed by atoms with Crippen LogP contribution in [0, 0.1) is 5.92 Å². The number of rotatable bonds is 23. The largest absolute Gasteiger partial charge is 0.291 e. The Bertz CT molecular complexity index is 249. The molecular formula is C26H51O. The quantitative estimate of drug-likeness (QED) is 0.162. The number of hydrogen-bond donors (Lipinski definition) is 0. The van der Waals surface area contributed by atoms with E-state index >= 15 is 0 Å². The van der Waals surface area contributed by atoms with Gasteiger partial charge in [-0.1, -0.05) is 142 Å². The summed E-state index contributed by atoms with van der Waals surface area (Å²) in [6, 6.07) is 0. The van der Waals surface area contributed by atoms with Crippen LogP contribution >= 0.6 is 0 Å². The molecule has 0 heterocycles. The topological polar surface area (TPSA) is 17.1 Å². The molecule has 161 valence electrons. The summed E-state index contributed by atoms with van der Waals surface area (Å²) in [5.74, 6) is 0.216. The monoisotopic (exact) mass is 379 g/mol. The highest BCUT2D eigenvalue weighted by atomic mass is 16.1. The van der Waals surface area contributed by atoms with E-state index in [1.165, 1.54) is 128 Å². The first-order chi connectivity index (χ1) is 13.3. The van der Waals surface area contributed by atoms with Crippen molar-refractivity contribution < 1.29 is 4.79 Å². The molecule has 0 bridgehead atoms. The van der Waals surface area contributed by atoms with Crippen molar-refractivity contribution >= 4 is 6.29 Å². The van der Waals surface area contributed by atoms with E-state index in [2.05, 4.69) is 20.1 Å². The van der Waals surface area contributed by atoms with Gasteiger partial charge in [-0.25, -0.2) is 0 Å². The van der Waals surface area contributed by atoms with Gasteiger partial charge in [0.15, 0.2) is 0 Å². The van der Waals surface area contributed by atoms with E-state index in [4.69, 9.17) is 0 Å². The minimum absolute atomic E-state index is 0.216. The molecular weight excluding hydrogens is 328 g/mol. The molecule has 0 amide bonds. The zero-order valence-corrected chi connectivity index (χ0v) is 19.0. The molecule has 0 aromatic rings. The third kappa shape index (κ3) is 21.8. The van der Waals surface area contributed by atoms with Gasteiger partial charge in [0.25, 0.3) is 0 Å². The minimum atomic E-state index is 0.216. The lowest BCUT2D eigenvalue weighted by Crippen LogP contribution is -2.02. The minimum Gasteiger partial charge on any atom is -0.291 e. The fourth-order valence-electron chi connectivity index (χ4n) is 4.02. The first-order valence-electron chi connectivity index (χ1n) is 12.7. The SMILES string of the molecule is CCCCCCCCCCCCC([C]=O)CCCCCCCCCCCC. The zero-order chi connectivity index (χ0) is 19.8. The van der Waals surface area contributed by atoms with Crippen LogP contribution in [0.5, 0.6) is 0 Å². The smallest absolute Gasteiger partial charge is 0.201 e. The van der Waals surface area contributed by atoms with Gasteiger partial charge in [0.1, 0.15) is 0 Å². The van der Waals surface area contributed by atoms with Gasteiger partial charge in [-0.2, -0.15) is 0 Å². The van der Waals surface area contributed by atoms with E-state index in [1.807, 2.05) is 0 Å². The van der Waals surface area contributed by atoms with E-state index in [0.29, 0.717) is 0 Å². The molecule has 0 aromatic heterocycles. The summed E-state index contributed by atoms with van der Waals surface area (Å²) in [5, 5.41) is 0. The maximum absolute atomic E-state index is 11.2. The van der Waals surface area contributed by atoms with Gasteiger partial charge in [0.2, 0.25) is 6.29 Å². The van der Waals surface area contributed by atoms with Crippen molar-refractivity contribution in [2.24, 2.45) is 5.92 Å². The molecule has 0 aliphatic carbocycles. The van der Waals surface area contributed by atoms with Crippen LogP contribution in [0.4, 0.5) is 0 Å². The molecule has 27 heavy (non-hydrogen) atoms. The Labute approximate surface area is 172 Å². The van der Waals surface area contributed by atoms with E-state index in [0.717, 1.165) is 12.8 Å². The molecule has 1 heteroatoms. The number of hydrogen-bond acceptors (Lipinski definition) is 1.